The van der Waals surface area contributed by atoms with E-state index in [4.69, 9.17) is 5.73 Å². The number of nitrogens with two attached hydrogens (primary N) is 1. The molecule has 0 unspecified atom stereocenters. The molecule has 7 nitrogen and oxygen atoms in total. The van der Waals surface area contributed by atoms with Crippen molar-refractivity contribution in [1.82, 2.24) is 9.62 Å². The predicted octanol–water partition coefficient (Wildman–Crippen LogP) is -0.332. The highest BCUT2D eigenvalue weighted by atomic mass is 32.2. The van der Waals surface area contributed by atoms with Gasteiger partial charge < -0.3 is 11.1 Å². The summed E-state index contributed by atoms with van der Waals surface area (Å²) in [4.78, 5) is 13.2. The molecule has 0 aliphatic carbocycles. The zero-order chi connectivity index (χ0) is 15.1. The van der Waals surface area contributed by atoms with Crippen LogP contribution in [0.2, 0.25) is 0 Å². The van der Waals surface area contributed by atoms with E-state index in [0.29, 0.717) is 31.6 Å². The number of likely N-dealkylation sites (tertiary alicyclic amines) is 1. The summed E-state index contributed by atoms with van der Waals surface area (Å²) in [5, 5.41) is 3.31. The molecule has 1 spiro atoms. The molecule has 1 aromatic rings. The van der Waals surface area contributed by atoms with Crippen molar-refractivity contribution in [3.8, 4) is 0 Å². The third-order valence-electron chi connectivity index (χ3n) is 3.97. The molecule has 0 atom stereocenters. The molecule has 1 amide bonds. The predicted molar refractivity (Wildman–Crippen MR) is 78.0 cm³/mol. The van der Waals surface area contributed by atoms with Crippen LogP contribution in [0.1, 0.15) is 12.8 Å². The highest BCUT2D eigenvalue weighted by molar-refractivity contribution is 7.89. The van der Waals surface area contributed by atoms with Gasteiger partial charge in [-0.15, -0.1) is 0 Å². The number of sulfonamides is 1. The van der Waals surface area contributed by atoms with Crippen molar-refractivity contribution < 1.29 is 13.2 Å². The normalized spacial score (nSPS) is 23.2. The molecule has 0 radical (unpaired) electrons. The van der Waals surface area contributed by atoms with Crippen molar-refractivity contribution in [2.45, 2.75) is 23.4 Å². The Hall–Kier alpha value is -1.64. The maximum Gasteiger partial charge on any atom is 0.244 e. The van der Waals surface area contributed by atoms with Gasteiger partial charge in [0.2, 0.25) is 15.9 Å². The number of hydrogen-bond acceptors (Lipinski definition) is 5. The summed E-state index contributed by atoms with van der Waals surface area (Å²) in [7, 11) is -3.51. The van der Waals surface area contributed by atoms with E-state index >= 15 is 0 Å². The molecule has 4 N–H and O–H groups in total. The molecule has 1 saturated heterocycles. The molecular formula is C13H18N4O3S. The lowest BCUT2D eigenvalue weighted by Crippen LogP contribution is -2.62. The van der Waals surface area contributed by atoms with Crippen LogP contribution in [0.15, 0.2) is 29.2 Å². The quantitative estimate of drug-likeness (QED) is 0.694. The first-order valence-electron chi connectivity index (χ1n) is 6.82. The highest BCUT2D eigenvalue weighted by Crippen LogP contribution is 2.34. The van der Waals surface area contributed by atoms with Gasteiger partial charge in [-0.3, -0.25) is 9.69 Å². The number of hydrogen-bond donors (Lipinski definition) is 3. The molecule has 2 aliphatic rings. The number of nitrogens with one attached hydrogen (secondary N) is 2. The lowest BCUT2D eigenvalue weighted by atomic mass is 9.97. The monoisotopic (exact) mass is 310 g/mol. The third-order valence-corrected chi connectivity index (χ3v) is 5.56. The van der Waals surface area contributed by atoms with E-state index in [-0.39, 0.29) is 17.3 Å². The van der Waals surface area contributed by atoms with Gasteiger partial charge >= 0.3 is 0 Å². The maximum atomic E-state index is 12.4. The van der Waals surface area contributed by atoms with Crippen LogP contribution in [0.25, 0.3) is 0 Å². The number of amides is 1. The molecule has 0 saturated carbocycles. The van der Waals surface area contributed by atoms with Crippen LogP contribution in [-0.2, 0) is 14.8 Å². The standard InChI is InChI=1S/C13H18N4O3S/c14-12(18)9-17-7-5-13(6-8-17)15-10-3-1-2-4-11(10)21(19,20)16-13/h1-4,15-16H,5-9H2,(H2,14,18). The van der Waals surface area contributed by atoms with Gasteiger partial charge in [-0.05, 0) is 25.0 Å². The Morgan fingerprint density at radius 1 is 1.29 bits per heavy atom. The fraction of sp³-hybridized carbons (Fsp3) is 0.462. The number of carbonyl (C=O) groups is 1. The van der Waals surface area contributed by atoms with E-state index in [1.54, 1.807) is 18.2 Å². The summed E-state index contributed by atoms with van der Waals surface area (Å²) in [6.45, 7) is 1.43. The Balaban J connectivity index is 1.82. The highest BCUT2D eigenvalue weighted by Gasteiger charge is 2.42. The Morgan fingerprint density at radius 2 is 1.95 bits per heavy atom. The van der Waals surface area contributed by atoms with Crippen molar-refractivity contribution >= 4 is 21.6 Å². The summed E-state index contributed by atoms with van der Waals surface area (Å²) < 4.78 is 27.5. The fourth-order valence-corrected chi connectivity index (χ4v) is 4.49. The van der Waals surface area contributed by atoms with Crippen molar-refractivity contribution in [3.05, 3.63) is 24.3 Å². The van der Waals surface area contributed by atoms with Gasteiger partial charge in [0.15, 0.2) is 0 Å². The number of rotatable bonds is 2. The second-order valence-electron chi connectivity index (χ2n) is 5.55. The van der Waals surface area contributed by atoms with Gasteiger partial charge in [-0.1, -0.05) is 12.1 Å². The van der Waals surface area contributed by atoms with Gasteiger partial charge in [-0.2, -0.15) is 4.72 Å². The van der Waals surface area contributed by atoms with E-state index in [9.17, 15) is 13.2 Å². The lowest BCUT2D eigenvalue weighted by Gasteiger charge is -2.45. The van der Waals surface area contributed by atoms with Gasteiger partial charge in [0.1, 0.15) is 10.6 Å². The number of carbonyl (C=O) groups excluding carboxylic acids is 1. The van der Waals surface area contributed by atoms with Crippen LogP contribution in [0.4, 0.5) is 5.69 Å². The Bertz CT molecular complexity index is 666. The molecule has 0 bridgehead atoms. The SMILES string of the molecule is NC(=O)CN1CCC2(CC1)Nc1ccccc1S(=O)(=O)N2. The van der Waals surface area contributed by atoms with Crippen molar-refractivity contribution in [3.63, 3.8) is 0 Å². The molecule has 114 valence electrons. The second kappa shape index (κ2) is 4.97. The summed E-state index contributed by atoms with van der Waals surface area (Å²) in [5.41, 5.74) is 5.14. The molecule has 3 rings (SSSR count). The molecule has 1 fully saturated rings. The minimum Gasteiger partial charge on any atom is -0.369 e. The van der Waals surface area contributed by atoms with E-state index in [2.05, 4.69) is 10.0 Å². The van der Waals surface area contributed by atoms with Crippen molar-refractivity contribution in [2.24, 2.45) is 5.73 Å². The fourth-order valence-electron chi connectivity index (χ4n) is 2.94. The molecular weight excluding hydrogens is 292 g/mol. The molecule has 21 heavy (non-hydrogen) atoms. The maximum absolute atomic E-state index is 12.4. The first kappa shape index (κ1) is 14.3. The number of benzene rings is 1. The topological polar surface area (TPSA) is 105 Å². The molecule has 0 aromatic heterocycles. The van der Waals surface area contributed by atoms with Gasteiger partial charge in [0.05, 0.1) is 12.2 Å². The smallest absolute Gasteiger partial charge is 0.244 e. The largest absolute Gasteiger partial charge is 0.369 e. The lowest BCUT2D eigenvalue weighted by molar-refractivity contribution is -0.119. The van der Waals surface area contributed by atoms with E-state index < -0.39 is 15.7 Å². The Kier molecular flexibility index (Phi) is 3.39. The van der Waals surface area contributed by atoms with Crippen LogP contribution >= 0.6 is 0 Å². The Labute approximate surface area is 123 Å². The van der Waals surface area contributed by atoms with Crippen LogP contribution < -0.4 is 15.8 Å². The van der Waals surface area contributed by atoms with Gasteiger partial charge in [0, 0.05) is 13.1 Å². The molecule has 1 aromatic carbocycles. The summed E-state index contributed by atoms with van der Waals surface area (Å²) in [6, 6.07) is 6.86. The van der Waals surface area contributed by atoms with E-state index in [0.717, 1.165) is 0 Å². The van der Waals surface area contributed by atoms with E-state index in [1.165, 1.54) is 0 Å². The van der Waals surface area contributed by atoms with Crippen LogP contribution in [0.5, 0.6) is 0 Å². The molecule has 8 heteroatoms. The first-order valence-corrected chi connectivity index (χ1v) is 8.30. The minimum atomic E-state index is -3.51. The van der Waals surface area contributed by atoms with E-state index in [1.807, 2.05) is 11.0 Å². The van der Waals surface area contributed by atoms with Crippen LogP contribution in [-0.4, -0.2) is 44.5 Å². The molecule has 2 aliphatic heterocycles. The number of para-hydroxylation sites is 1. The summed E-state index contributed by atoms with van der Waals surface area (Å²) in [6.07, 6.45) is 1.15. The number of piperidine rings is 1. The van der Waals surface area contributed by atoms with Crippen molar-refractivity contribution in [1.29, 1.82) is 0 Å². The zero-order valence-corrected chi connectivity index (χ0v) is 12.3. The first-order chi connectivity index (χ1) is 9.90. The number of primary amides is 1. The van der Waals surface area contributed by atoms with Crippen LogP contribution in [0, 0.1) is 0 Å². The summed E-state index contributed by atoms with van der Waals surface area (Å²) in [5.74, 6) is -0.367. The number of anilines is 1. The van der Waals surface area contributed by atoms with Crippen LogP contribution in [0.3, 0.4) is 0 Å². The van der Waals surface area contributed by atoms with Crippen molar-refractivity contribution in [2.75, 3.05) is 25.0 Å². The molecule has 2 heterocycles. The number of fused-ring (bicyclic) bond motifs is 1. The third kappa shape index (κ3) is 2.74. The summed E-state index contributed by atoms with van der Waals surface area (Å²) >= 11 is 0. The average Bonchev–Trinajstić information content (AvgIpc) is 2.40. The average molecular weight is 310 g/mol. The second-order valence-corrected chi connectivity index (χ2v) is 7.20. The number of nitrogens with zero attached hydrogens (tertiary/aromatic N) is 1. The minimum absolute atomic E-state index is 0.208. The Morgan fingerprint density at radius 3 is 2.62 bits per heavy atom. The van der Waals surface area contributed by atoms with Gasteiger partial charge in [-0.25, -0.2) is 8.42 Å². The van der Waals surface area contributed by atoms with Gasteiger partial charge in [0.25, 0.3) is 0 Å². The zero-order valence-electron chi connectivity index (χ0n) is 11.5.